The summed E-state index contributed by atoms with van der Waals surface area (Å²) in [5.41, 5.74) is 1.35. The molecule has 0 aliphatic carbocycles. The van der Waals surface area contributed by atoms with Gasteiger partial charge in [0.1, 0.15) is 17.3 Å². The number of amides is 1. The van der Waals surface area contributed by atoms with Gasteiger partial charge in [0.15, 0.2) is 15.6 Å². The molecular weight excluding hydrogens is 455 g/mol. The molecule has 0 saturated heterocycles. The molecule has 0 bridgehead atoms. The first kappa shape index (κ1) is 25.6. The number of sulfone groups is 1. The number of nitrogens with one attached hydrogen (secondary N) is 1. The summed E-state index contributed by atoms with van der Waals surface area (Å²) in [5, 5.41) is 2.82. The lowest BCUT2D eigenvalue weighted by Gasteiger charge is -2.26. The van der Waals surface area contributed by atoms with Crippen LogP contribution in [0.1, 0.15) is 47.7 Å². The third-order valence-electron chi connectivity index (χ3n) is 5.45. The van der Waals surface area contributed by atoms with E-state index in [4.69, 9.17) is 4.42 Å². The molecule has 2 aromatic carbocycles. The highest BCUT2D eigenvalue weighted by Crippen LogP contribution is 2.17. The van der Waals surface area contributed by atoms with Gasteiger partial charge in [-0.2, -0.15) is 0 Å². The minimum absolute atomic E-state index is 0.0566. The molecule has 182 valence electrons. The zero-order chi connectivity index (χ0) is 24.6. The third-order valence-corrected chi connectivity index (χ3v) is 6.92. The molecule has 0 fully saturated rings. The highest BCUT2D eigenvalue weighted by molar-refractivity contribution is 7.89. The Balaban J connectivity index is 1.47. The maximum atomic E-state index is 13.8. The molecule has 0 aliphatic rings. The molecule has 1 heterocycles. The van der Waals surface area contributed by atoms with Crippen molar-refractivity contribution in [2.75, 3.05) is 13.1 Å². The number of rotatable bonds is 12. The van der Waals surface area contributed by atoms with Crippen LogP contribution >= 0.6 is 0 Å². The lowest BCUT2D eigenvalue weighted by atomic mass is 10.2. The van der Waals surface area contributed by atoms with Crippen LogP contribution in [0, 0.1) is 5.82 Å². The first-order valence-corrected chi connectivity index (χ1v) is 13.1. The van der Waals surface area contributed by atoms with E-state index < -0.39 is 33.1 Å². The van der Waals surface area contributed by atoms with Crippen LogP contribution in [0.25, 0.3) is 0 Å². The average Bonchev–Trinajstić information content (AvgIpc) is 3.25. The Bertz CT molecular complexity index is 1180. The van der Waals surface area contributed by atoms with Gasteiger partial charge < -0.3 is 9.73 Å². The van der Waals surface area contributed by atoms with Crippen molar-refractivity contribution < 1.29 is 22.0 Å². The Labute approximate surface area is 200 Å². The van der Waals surface area contributed by atoms with E-state index in [0.29, 0.717) is 12.6 Å². The van der Waals surface area contributed by atoms with Crippen LogP contribution in [0.5, 0.6) is 0 Å². The molecule has 3 rings (SSSR count). The number of carbonyl (C=O) groups excluding carboxylic acids is 1. The van der Waals surface area contributed by atoms with E-state index >= 15 is 0 Å². The van der Waals surface area contributed by atoms with E-state index in [1.165, 1.54) is 35.9 Å². The van der Waals surface area contributed by atoms with Crippen LogP contribution < -0.4 is 5.32 Å². The first-order valence-electron chi connectivity index (χ1n) is 11.3. The van der Waals surface area contributed by atoms with Gasteiger partial charge in [0.2, 0.25) is 0 Å². The number of carbonyl (C=O) groups is 1. The van der Waals surface area contributed by atoms with E-state index in [9.17, 15) is 17.6 Å². The first-order chi connectivity index (χ1) is 16.2. The van der Waals surface area contributed by atoms with Gasteiger partial charge in [-0.25, -0.2) is 12.8 Å². The van der Waals surface area contributed by atoms with Crippen LogP contribution in [0.4, 0.5) is 4.39 Å². The fraction of sp³-hybridized carbons (Fsp3) is 0.346. The zero-order valence-corrected chi connectivity index (χ0v) is 20.4. The quantitative estimate of drug-likeness (QED) is 0.380. The lowest BCUT2D eigenvalue weighted by Crippen LogP contribution is -2.34. The number of nitrogens with zero attached hydrogens (tertiary/aromatic N) is 1. The van der Waals surface area contributed by atoms with E-state index in [1.54, 1.807) is 6.07 Å². The molecule has 0 aliphatic heterocycles. The second kappa shape index (κ2) is 11.9. The van der Waals surface area contributed by atoms with Crippen molar-refractivity contribution in [1.29, 1.82) is 0 Å². The van der Waals surface area contributed by atoms with E-state index in [0.717, 1.165) is 19.5 Å². The third kappa shape index (κ3) is 7.81. The Kier molecular flexibility index (Phi) is 9.01. The largest absolute Gasteiger partial charge is 0.455 e. The number of benzene rings is 2. The van der Waals surface area contributed by atoms with Crippen LogP contribution in [0.15, 0.2) is 71.1 Å². The maximum absolute atomic E-state index is 13.8. The molecule has 0 saturated carbocycles. The molecule has 1 aromatic heterocycles. The minimum Gasteiger partial charge on any atom is -0.455 e. The standard InChI is InChI=1S/C26H31FN2O4S/c1-20(2)29(17-21-9-4-3-5-10-21)16-8-15-28-26(30)25-14-13-23(33-25)19-34(31,32)18-22-11-6-7-12-24(22)27/h3-7,9-14,20H,8,15-19H2,1-2H3,(H,28,30). The number of hydrogen-bond donors (Lipinski definition) is 1. The zero-order valence-electron chi connectivity index (χ0n) is 19.5. The number of hydrogen-bond acceptors (Lipinski definition) is 5. The molecule has 34 heavy (non-hydrogen) atoms. The normalized spacial score (nSPS) is 11.8. The molecular formula is C26H31FN2O4S. The molecule has 8 heteroatoms. The van der Waals surface area contributed by atoms with Gasteiger partial charge in [-0.3, -0.25) is 9.69 Å². The summed E-state index contributed by atoms with van der Waals surface area (Å²) in [6.45, 7) is 6.43. The lowest BCUT2D eigenvalue weighted by molar-refractivity contribution is 0.0921. The van der Waals surface area contributed by atoms with Crippen molar-refractivity contribution in [3.8, 4) is 0 Å². The Morgan fingerprint density at radius 1 is 1.00 bits per heavy atom. The SMILES string of the molecule is CC(C)N(CCCNC(=O)c1ccc(CS(=O)(=O)Cc2ccccc2F)o1)Cc1ccccc1. The van der Waals surface area contributed by atoms with E-state index in [-0.39, 0.29) is 17.1 Å². The summed E-state index contributed by atoms with van der Waals surface area (Å²) >= 11 is 0. The predicted molar refractivity (Wildman–Crippen MR) is 130 cm³/mol. The van der Waals surface area contributed by atoms with Gasteiger partial charge in [-0.05, 0) is 44.0 Å². The van der Waals surface area contributed by atoms with Crippen molar-refractivity contribution >= 4 is 15.7 Å². The monoisotopic (exact) mass is 486 g/mol. The van der Waals surface area contributed by atoms with Crippen molar-refractivity contribution in [3.63, 3.8) is 0 Å². The maximum Gasteiger partial charge on any atom is 0.286 e. The molecule has 1 amide bonds. The summed E-state index contributed by atoms with van der Waals surface area (Å²) in [4.78, 5) is 14.8. The van der Waals surface area contributed by atoms with Crippen LogP contribution in [0.2, 0.25) is 0 Å². The Hall–Kier alpha value is -2.97. The number of furan rings is 1. The molecule has 0 radical (unpaired) electrons. The van der Waals surface area contributed by atoms with Gasteiger partial charge in [0.05, 0.1) is 5.75 Å². The molecule has 3 aromatic rings. The highest BCUT2D eigenvalue weighted by Gasteiger charge is 2.19. The van der Waals surface area contributed by atoms with Crippen molar-refractivity contribution in [3.05, 3.63) is 95.2 Å². The minimum atomic E-state index is -3.66. The van der Waals surface area contributed by atoms with Crippen molar-refractivity contribution in [1.82, 2.24) is 10.2 Å². The van der Waals surface area contributed by atoms with Crippen LogP contribution in [-0.2, 0) is 27.9 Å². The van der Waals surface area contributed by atoms with Gasteiger partial charge in [-0.15, -0.1) is 0 Å². The van der Waals surface area contributed by atoms with E-state index in [1.807, 2.05) is 18.2 Å². The second-order valence-electron chi connectivity index (χ2n) is 8.55. The summed E-state index contributed by atoms with van der Waals surface area (Å²) < 4.78 is 44.1. The smallest absolute Gasteiger partial charge is 0.286 e. The Morgan fingerprint density at radius 2 is 1.71 bits per heavy atom. The Morgan fingerprint density at radius 3 is 2.41 bits per heavy atom. The predicted octanol–water partition coefficient (Wildman–Crippen LogP) is 4.56. The molecule has 1 N–H and O–H groups in total. The molecule has 0 atom stereocenters. The molecule has 0 unspecified atom stereocenters. The van der Waals surface area contributed by atoms with Gasteiger partial charge in [0, 0.05) is 31.2 Å². The van der Waals surface area contributed by atoms with Crippen LogP contribution in [0.3, 0.4) is 0 Å². The summed E-state index contributed by atoms with van der Waals surface area (Å²) in [7, 11) is -3.66. The van der Waals surface area contributed by atoms with Crippen LogP contribution in [-0.4, -0.2) is 38.4 Å². The summed E-state index contributed by atoms with van der Waals surface area (Å²) in [5.74, 6) is -1.59. The topological polar surface area (TPSA) is 79.6 Å². The fourth-order valence-corrected chi connectivity index (χ4v) is 5.01. The average molecular weight is 487 g/mol. The fourth-order valence-electron chi connectivity index (χ4n) is 3.61. The highest BCUT2D eigenvalue weighted by atomic mass is 32.2. The molecule has 0 spiro atoms. The summed E-state index contributed by atoms with van der Waals surface area (Å²) in [6, 6.07) is 19.3. The second-order valence-corrected chi connectivity index (χ2v) is 10.6. The van der Waals surface area contributed by atoms with Gasteiger partial charge >= 0.3 is 0 Å². The number of halogens is 1. The van der Waals surface area contributed by atoms with Gasteiger partial charge in [0.25, 0.3) is 5.91 Å². The van der Waals surface area contributed by atoms with Gasteiger partial charge in [-0.1, -0.05) is 48.5 Å². The molecule has 6 nitrogen and oxygen atoms in total. The van der Waals surface area contributed by atoms with E-state index in [2.05, 4.69) is 36.2 Å². The van der Waals surface area contributed by atoms with Crippen molar-refractivity contribution in [2.45, 2.75) is 44.4 Å². The summed E-state index contributed by atoms with van der Waals surface area (Å²) in [6.07, 6.45) is 0.765. The van der Waals surface area contributed by atoms with Crippen molar-refractivity contribution in [2.24, 2.45) is 0 Å².